The first-order valence-corrected chi connectivity index (χ1v) is 6.36. The van der Waals surface area contributed by atoms with Gasteiger partial charge in [-0.25, -0.2) is 0 Å². The molecule has 1 aliphatic carbocycles. The fourth-order valence-corrected chi connectivity index (χ4v) is 2.81. The van der Waals surface area contributed by atoms with Crippen molar-refractivity contribution in [3.63, 3.8) is 0 Å². The lowest BCUT2D eigenvalue weighted by atomic mass is 9.91. The fraction of sp³-hybridized carbons (Fsp3) is 1.00. The molecule has 0 aromatic heterocycles. The van der Waals surface area contributed by atoms with E-state index in [9.17, 15) is 5.11 Å². The quantitative estimate of drug-likeness (QED) is 0.735. The summed E-state index contributed by atoms with van der Waals surface area (Å²) in [4.78, 5) is 0. The van der Waals surface area contributed by atoms with E-state index < -0.39 is 0 Å². The van der Waals surface area contributed by atoms with Gasteiger partial charge in [0.05, 0.1) is 6.10 Å². The molecule has 0 amide bonds. The van der Waals surface area contributed by atoms with Crippen LogP contribution in [0.25, 0.3) is 0 Å². The van der Waals surface area contributed by atoms with Crippen LogP contribution in [0.2, 0.25) is 0 Å². The van der Waals surface area contributed by atoms with Gasteiger partial charge in [0.2, 0.25) is 0 Å². The lowest BCUT2D eigenvalue weighted by molar-refractivity contribution is 0.157. The highest BCUT2D eigenvalue weighted by atomic mass is 16.3. The molecule has 1 saturated carbocycles. The summed E-state index contributed by atoms with van der Waals surface area (Å²) in [5.41, 5.74) is 0.500. The molecule has 0 aromatic carbocycles. The third kappa shape index (κ3) is 4.12. The molecule has 90 valence electrons. The van der Waals surface area contributed by atoms with Gasteiger partial charge in [0, 0.05) is 6.04 Å². The molecule has 1 rings (SSSR count). The van der Waals surface area contributed by atoms with E-state index in [1.807, 2.05) is 6.92 Å². The van der Waals surface area contributed by atoms with Crippen LogP contribution in [0.5, 0.6) is 0 Å². The summed E-state index contributed by atoms with van der Waals surface area (Å²) in [6.07, 6.45) is 4.23. The maximum absolute atomic E-state index is 9.46. The largest absolute Gasteiger partial charge is 0.393 e. The van der Waals surface area contributed by atoms with E-state index in [0.29, 0.717) is 11.5 Å². The Morgan fingerprint density at radius 1 is 1.40 bits per heavy atom. The minimum atomic E-state index is -0.123. The summed E-state index contributed by atoms with van der Waals surface area (Å²) in [5, 5.41) is 13.1. The minimum absolute atomic E-state index is 0.123. The van der Waals surface area contributed by atoms with Crippen LogP contribution in [0.3, 0.4) is 0 Å². The molecule has 15 heavy (non-hydrogen) atoms. The number of aliphatic hydroxyl groups excluding tert-OH is 1. The molecular formula is C13H27NO. The summed E-state index contributed by atoms with van der Waals surface area (Å²) in [6.45, 7) is 10.0. The molecule has 1 aliphatic rings. The van der Waals surface area contributed by atoms with E-state index in [1.165, 1.54) is 12.8 Å². The van der Waals surface area contributed by atoms with Crippen molar-refractivity contribution in [1.82, 2.24) is 5.32 Å². The Morgan fingerprint density at radius 3 is 2.53 bits per heavy atom. The van der Waals surface area contributed by atoms with E-state index in [2.05, 4.69) is 26.1 Å². The van der Waals surface area contributed by atoms with Crippen molar-refractivity contribution >= 4 is 0 Å². The van der Waals surface area contributed by atoms with Gasteiger partial charge in [0.25, 0.3) is 0 Å². The van der Waals surface area contributed by atoms with Crippen LogP contribution in [-0.4, -0.2) is 23.8 Å². The first-order chi connectivity index (χ1) is 6.94. The number of hydrogen-bond donors (Lipinski definition) is 2. The molecule has 1 fully saturated rings. The monoisotopic (exact) mass is 213 g/mol. The normalized spacial score (nSPS) is 31.8. The molecule has 0 saturated heterocycles. The molecule has 0 aromatic rings. The zero-order valence-corrected chi connectivity index (χ0v) is 10.7. The van der Waals surface area contributed by atoms with Crippen molar-refractivity contribution in [3.8, 4) is 0 Å². The van der Waals surface area contributed by atoms with Crippen molar-refractivity contribution < 1.29 is 5.11 Å². The average molecular weight is 213 g/mol. The second kappa shape index (κ2) is 5.31. The van der Waals surface area contributed by atoms with Crippen molar-refractivity contribution in [3.05, 3.63) is 0 Å². The lowest BCUT2D eigenvalue weighted by Crippen LogP contribution is -2.33. The topological polar surface area (TPSA) is 32.3 Å². The summed E-state index contributed by atoms with van der Waals surface area (Å²) in [7, 11) is 0. The van der Waals surface area contributed by atoms with E-state index in [1.54, 1.807) is 0 Å². The van der Waals surface area contributed by atoms with E-state index in [4.69, 9.17) is 0 Å². The highest BCUT2D eigenvalue weighted by molar-refractivity contribution is 4.91. The maximum atomic E-state index is 9.46. The van der Waals surface area contributed by atoms with Crippen LogP contribution in [0.1, 0.15) is 53.4 Å². The van der Waals surface area contributed by atoms with Crippen molar-refractivity contribution in [1.29, 1.82) is 0 Å². The van der Waals surface area contributed by atoms with Crippen LogP contribution in [0.15, 0.2) is 0 Å². The highest BCUT2D eigenvalue weighted by Gasteiger charge is 2.36. The summed E-state index contributed by atoms with van der Waals surface area (Å²) >= 11 is 0. The van der Waals surface area contributed by atoms with Gasteiger partial charge in [-0.3, -0.25) is 0 Å². The smallest absolute Gasteiger partial charge is 0.0549 e. The molecular weight excluding hydrogens is 186 g/mol. The molecule has 0 radical (unpaired) electrons. The third-order valence-electron chi connectivity index (χ3n) is 3.69. The second-order valence-corrected chi connectivity index (χ2v) is 5.96. The zero-order valence-electron chi connectivity index (χ0n) is 10.7. The molecule has 3 unspecified atom stereocenters. The van der Waals surface area contributed by atoms with Gasteiger partial charge in [-0.2, -0.15) is 0 Å². The Morgan fingerprint density at radius 2 is 2.07 bits per heavy atom. The van der Waals surface area contributed by atoms with E-state index >= 15 is 0 Å². The van der Waals surface area contributed by atoms with Crippen molar-refractivity contribution in [2.45, 2.75) is 65.5 Å². The van der Waals surface area contributed by atoms with Crippen LogP contribution >= 0.6 is 0 Å². The van der Waals surface area contributed by atoms with Gasteiger partial charge < -0.3 is 10.4 Å². The SMILES string of the molecule is CCC(O)CCNC1CC(C)(C)CC1C. The zero-order chi connectivity index (χ0) is 11.5. The Balaban J connectivity index is 2.22. The van der Waals surface area contributed by atoms with Crippen molar-refractivity contribution in [2.24, 2.45) is 11.3 Å². The molecule has 0 aliphatic heterocycles. The van der Waals surface area contributed by atoms with Crippen LogP contribution in [0.4, 0.5) is 0 Å². The Labute approximate surface area is 94.5 Å². The van der Waals surface area contributed by atoms with Gasteiger partial charge in [0.1, 0.15) is 0 Å². The molecule has 2 nitrogen and oxygen atoms in total. The molecule has 0 bridgehead atoms. The second-order valence-electron chi connectivity index (χ2n) is 5.96. The summed E-state index contributed by atoms with van der Waals surface area (Å²) < 4.78 is 0. The minimum Gasteiger partial charge on any atom is -0.393 e. The van der Waals surface area contributed by atoms with Gasteiger partial charge in [-0.1, -0.05) is 27.7 Å². The molecule has 3 atom stereocenters. The lowest BCUT2D eigenvalue weighted by Gasteiger charge is -2.19. The predicted molar refractivity (Wildman–Crippen MR) is 64.9 cm³/mol. The number of hydrogen-bond acceptors (Lipinski definition) is 2. The molecule has 2 heteroatoms. The number of aliphatic hydroxyl groups is 1. The predicted octanol–water partition coefficient (Wildman–Crippen LogP) is 2.56. The first-order valence-electron chi connectivity index (χ1n) is 6.36. The van der Waals surface area contributed by atoms with E-state index in [0.717, 1.165) is 25.3 Å². The fourth-order valence-electron chi connectivity index (χ4n) is 2.81. The summed E-state index contributed by atoms with van der Waals surface area (Å²) in [5.74, 6) is 0.777. The average Bonchev–Trinajstić information content (AvgIpc) is 2.39. The van der Waals surface area contributed by atoms with Crippen LogP contribution in [-0.2, 0) is 0 Å². The van der Waals surface area contributed by atoms with Gasteiger partial charge in [0.15, 0.2) is 0 Å². The summed E-state index contributed by atoms with van der Waals surface area (Å²) in [6, 6.07) is 0.657. The molecule has 0 spiro atoms. The molecule has 0 heterocycles. The van der Waals surface area contributed by atoms with Gasteiger partial charge >= 0.3 is 0 Å². The van der Waals surface area contributed by atoms with E-state index in [-0.39, 0.29) is 6.10 Å². The first kappa shape index (κ1) is 13.0. The Hall–Kier alpha value is -0.0800. The number of rotatable bonds is 5. The van der Waals surface area contributed by atoms with Crippen LogP contribution in [0, 0.1) is 11.3 Å². The maximum Gasteiger partial charge on any atom is 0.0549 e. The highest BCUT2D eigenvalue weighted by Crippen LogP contribution is 2.40. The van der Waals surface area contributed by atoms with Crippen LogP contribution < -0.4 is 5.32 Å². The Kier molecular flexibility index (Phi) is 4.60. The number of nitrogens with one attached hydrogen (secondary N) is 1. The van der Waals surface area contributed by atoms with Gasteiger partial charge in [-0.05, 0) is 43.6 Å². The standard InChI is InChI=1S/C13H27NO/c1-5-11(15)6-7-14-12-9-13(3,4)8-10(12)2/h10-12,14-15H,5-9H2,1-4H3. The Bertz CT molecular complexity index is 191. The van der Waals surface area contributed by atoms with Gasteiger partial charge in [-0.15, -0.1) is 0 Å². The van der Waals surface area contributed by atoms with Crippen molar-refractivity contribution in [2.75, 3.05) is 6.54 Å². The third-order valence-corrected chi connectivity index (χ3v) is 3.69. The molecule has 2 N–H and O–H groups in total.